The summed E-state index contributed by atoms with van der Waals surface area (Å²) in [6.07, 6.45) is 5.31. The molecule has 1 atom stereocenters. The maximum Gasteiger partial charge on any atom is 0.271 e. The summed E-state index contributed by atoms with van der Waals surface area (Å²) in [5, 5.41) is 5.35. The van der Waals surface area contributed by atoms with E-state index in [1.54, 1.807) is 27.6 Å². The van der Waals surface area contributed by atoms with E-state index in [1.165, 1.54) is 4.88 Å². The zero-order chi connectivity index (χ0) is 22.5. The van der Waals surface area contributed by atoms with Crippen molar-refractivity contribution in [3.05, 3.63) is 45.1 Å². The van der Waals surface area contributed by atoms with Gasteiger partial charge < -0.3 is 14.8 Å². The molecule has 0 spiro atoms. The van der Waals surface area contributed by atoms with Gasteiger partial charge in [0, 0.05) is 15.8 Å². The van der Waals surface area contributed by atoms with Crippen LogP contribution in [0.3, 0.4) is 0 Å². The van der Waals surface area contributed by atoms with E-state index >= 15 is 0 Å². The minimum absolute atomic E-state index is 0.0274. The highest BCUT2D eigenvalue weighted by Gasteiger charge is 2.48. The van der Waals surface area contributed by atoms with Gasteiger partial charge >= 0.3 is 0 Å². The molecular formula is C25H31N3O2S2. The lowest BCUT2D eigenvalue weighted by Gasteiger charge is -2.44. The molecule has 2 aliphatic rings. The fourth-order valence-corrected chi connectivity index (χ4v) is 6.85. The van der Waals surface area contributed by atoms with Gasteiger partial charge in [-0.2, -0.15) is 0 Å². The average Bonchev–Trinajstić information content (AvgIpc) is 3.50. The van der Waals surface area contributed by atoms with E-state index in [1.807, 2.05) is 30.5 Å². The first kappa shape index (κ1) is 21.7. The summed E-state index contributed by atoms with van der Waals surface area (Å²) < 4.78 is 3.22. The van der Waals surface area contributed by atoms with Crippen LogP contribution in [-0.2, 0) is 24.3 Å². The summed E-state index contributed by atoms with van der Waals surface area (Å²) in [6.45, 7) is 7.32. The molecular weight excluding hydrogens is 438 g/mol. The highest BCUT2D eigenvalue weighted by molar-refractivity contribution is 7.19. The Kier molecular flexibility index (Phi) is 5.66. The molecule has 0 aromatic carbocycles. The van der Waals surface area contributed by atoms with Crippen LogP contribution < -0.4 is 5.32 Å². The van der Waals surface area contributed by atoms with Crippen LogP contribution in [0.1, 0.15) is 66.7 Å². The van der Waals surface area contributed by atoms with Crippen LogP contribution in [0.2, 0.25) is 0 Å². The Morgan fingerprint density at radius 3 is 2.69 bits per heavy atom. The van der Waals surface area contributed by atoms with Crippen molar-refractivity contribution in [2.45, 2.75) is 77.5 Å². The van der Waals surface area contributed by atoms with Gasteiger partial charge in [0.1, 0.15) is 11.2 Å². The van der Waals surface area contributed by atoms with E-state index in [0.29, 0.717) is 18.8 Å². The number of rotatable bonds is 5. The van der Waals surface area contributed by atoms with Crippen molar-refractivity contribution >= 4 is 44.7 Å². The molecule has 0 bridgehead atoms. The zero-order valence-electron chi connectivity index (χ0n) is 19.0. The molecule has 3 aromatic heterocycles. The topological polar surface area (TPSA) is 54.3 Å². The second-order valence-electron chi connectivity index (χ2n) is 9.61. The van der Waals surface area contributed by atoms with Crippen LogP contribution in [0.25, 0.3) is 10.2 Å². The number of nitrogens with zero attached hydrogens (tertiary/aromatic N) is 2. The van der Waals surface area contributed by atoms with Crippen molar-refractivity contribution < 1.29 is 9.59 Å². The Labute approximate surface area is 197 Å². The van der Waals surface area contributed by atoms with Gasteiger partial charge in [-0.15, -0.1) is 22.7 Å². The molecule has 0 unspecified atom stereocenters. The first-order valence-corrected chi connectivity index (χ1v) is 13.4. The summed E-state index contributed by atoms with van der Waals surface area (Å²) >= 11 is 3.38. The van der Waals surface area contributed by atoms with Gasteiger partial charge in [0.15, 0.2) is 0 Å². The molecule has 4 heterocycles. The van der Waals surface area contributed by atoms with Crippen LogP contribution in [0.15, 0.2) is 29.6 Å². The predicted molar refractivity (Wildman–Crippen MR) is 131 cm³/mol. The van der Waals surface area contributed by atoms with Gasteiger partial charge in [-0.1, -0.05) is 19.9 Å². The molecule has 170 valence electrons. The maximum absolute atomic E-state index is 13.8. The van der Waals surface area contributed by atoms with E-state index in [4.69, 9.17) is 0 Å². The lowest BCUT2D eigenvalue weighted by molar-refractivity contribution is -0.134. The number of hydrogen-bond donors (Lipinski definition) is 1. The number of carbonyl (C=O) groups excluding carboxylic acids is 2. The number of aryl methyl sites for hydroxylation is 1. The second-order valence-corrected chi connectivity index (χ2v) is 11.8. The molecule has 32 heavy (non-hydrogen) atoms. The van der Waals surface area contributed by atoms with Gasteiger partial charge in [0.25, 0.3) is 5.91 Å². The molecule has 1 N–H and O–H groups in total. The molecule has 1 aliphatic heterocycles. The number of hydrogen-bond acceptors (Lipinski definition) is 4. The largest absolute Gasteiger partial charge is 0.351 e. The van der Waals surface area contributed by atoms with Gasteiger partial charge in [0.05, 0.1) is 23.3 Å². The fourth-order valence-electron chi connectivity index (χ4n) is 5.11. The average molecular weight is 470 g/mol. The third kappa shape index (κ3) is 3.69. The summed E-state index contributed by atoms with van der Waals surface area (Å²) in [5.41, 5.74) is 0.843. The number of amides is 2. The van der Waals surface area contributed by atoms with Crippen LogP contribution in [0.5, 0.6) is 0 Å². The molecule has 5 nitrogen and oxygen atoms in total. The Morgan fingerprint density at radius 1 is 1.22 bits per heavy atom. The summed E-state index contributed by atoms with van der Waals surface area (Å²) in [6, 6.07) is 8.45. The Balaban J connectivity index is 1.51. The Hall–Kier alpha value is -2.12. The summed E-state index contributed by atoms with van der Waals surface area (Å²) in [5.74, 6) is 0.647. The number of aromatic nitrogens is 1. The quantitative estimate of drug-likeness (QED) is 0.541. The first-order valence-electron chi connectivity index (χ1n) is 11.7. The van der Waals surface area contributed by atoms with E-state index in [2.05, 4.69) is 29.8 Å². The SMILES string of the molecule is CCc1cc2c(cc3n2C[C@](C)(C(=O)NC2CCC(C)CC2)N(Cc2cccs2)C3=O)s1. The van der Waals surface area contributed by atoms with Crippen molar-refractivity contribution in [2.24, 2.45) is 5.92 Å². The van der Waals surface area contributed by atoms with Crippen molar-refractivity contribution in [3.8, 4) is 0 Å². The molecule has 1 aliphatic carbocycles. The maximum atomic E-state index is 13.8. The normalized spacial score (nSPS) is 25.8. The van der Waals surface area contributed by atoms with Crippen LogP contribution in [-0.4, -0.2) is 32.9 Å². The van der Waals surface area contributed by atoms with Crippen molar-refractivity contribution in [1.29, 1.82) is 0 Å². The van der Waals surface area contributed by atoms with E-state index in [-0.39, 0.29) is 17.9 Å². The number of carbonyl (C=O) groups is 2. The third-order valence-electron chi connectivity index (χ3n) is 7.25. The molecule has 7 heteroatoms. The predicted octanol–water partition coefficient (Wildman–Crippen LogP) is 5.44. The Bertz CT molecular complexity index is 1140. The summed E-state index contributed by atoms with van der Waals surface area (Å²) in [4.78, 5) is 31.7. The lowest BCUT2D eigenvalue weighted by Crippen LogP contribution is -2.64. The zero-order valence-corrected chi connectivity index (χ0v) is 20.7. The van der Waals surface area contributed by atoms with Gasteiger partial charge in [-0.3, -0.25) is 9.59 Å². The van der Waals surface area contributed by atoms with E-state index < -0.39 is 5.54 Å². The molecule has 3 aromatic rings. The molecule has 0 radical (unpaired) electrons. The third-order valence-corrected chi connectivity index (χ3v) is 9.33. The first-order chi connectivity index (χ1) is 15.4. The lowest BCUT2D eigenvalue weighted by atomic mass is 9.86. The molecule has 1 saturated carbocycles. The monoisotopic (exact) mass is 469 g/mol. The van der Waals surface area contributed by atoms with E-state index in [0.717, 1.165) is 53.1 Å². The molecule has 2 amide bonds. The van der Waals surface area contributed by atoms with Crippen molar-refractivity contribution in [1.82, 2.24) is 14.8 Å². The molecule has 1 fully saturated rings. The number of thiophene rings is 2. The smallest absolute Gasteiger partial charge is 0.271 e. The summed E-state index contributed by atoms with van der Waals surface area (Å²) in [7, 11) is 0. The van der Waals surface area contributed by atoms with Gasteiger partial charge in [-0.05, 0) is 68.5 Å². The van der Waals surface area contributed by atoms with Gasteiger partial charge in [0.2, 0.25) is 5.91 Å². The van der Waals surface area contributed by atoms with Crippen LogP contribution >= 0.6 is 22.7 Å². The van der Waals surface area contributed by atoms with Crippen molar-refractivity contribution in [3.63, 3.8) is 0 Å². The number of nitrogens with one attached hydrogen (secondary N) is 1. The Morgan fingerprint density at radius 2 is 2.00 bits per heavy atom. The fraction of sp³-hybridized carbons (Fsp3) is 0.520. The number of fused-ring (bicyclic) bond motifs is 3. The standard InChI is InChI=1S/C25H31N3O2S2/c1-4-18-12-20-22(32-18)13-21-23(29)28(14-19-6-5-11-31-19)25(3,15-27(20)21)24(30)26-17-9-7-16(2)8-10-17/h5-6,11-13,16-17H,4,7-10,14-15H2,1-3H3,(H,26,30)/t16?,17?,25-/m1/s1. The minimum Gasteiger partial charge on any atom is -0.351 e. The van der Waals surface area contributed by atoms with Gasteiger partial charge in [-0.25, -0.2) is 0 Å². The van der Waals surface area contributed by atoms with E-state index in [9.17, 15) is 9.59 Å². The molecule has 0 saturated heterocycles. The van der Waals surface area contributed by atoms with Crippen molar-refractivity contribution in [2.75, 3.05) is 0 Å². The highest BCUT2D eigenvalue weighted by atomic mass is 32.1. The highest BCUT2D eigenvalue weighted by Crippen LogP contribution is 2.37. The second kappa shape index (κ2) is 8.34. The minimum atomic E-state index is -0.933. The molecule has 5 rings (SSSR count). The van der Waals surface area contributed by atoms with Crippen LogP contribution in [0, 0.1) is 5.92 Å². The van der Waals surface area contributed by atoms with Crippen LogP contribution in [0.4, 0.5) is 0 Å².